The molecule has 3 aromatic rings. The van der Waals surface area contributed by atoms with Crippen molar-refractivity contribution < 1.29 is 35.1 Å². The minimum atomic E-state index is -5.78. The van der Waals surface area contributed by atoms with Crippen molar-refractivity contribution in [1.29, 1.82) is 0 Å². The van der Waals surface area contributed by atoms with Crippen molar-refractivity contribution in [2.45, 2.75) is 42.3 Å². The van der Waals surface area contributed by atoms with E-state index in [1.54, 1.807) is 0 Å². The number of benzene rings is 1. The van der Waals surface area contributed by atoms with Crippen LogP contribution in [0.5, 0.6) is 5.88 Å². The van der Waals surface area contributed by atoms with Gasteiger partial charge in [0.1, 0.15) is 11.4 Å². The van der Waals surface area contributed by atoms with Crippen LogP contribution in [0.25, 0.3) is 22.5 Å². The Morgan fingerprint density at radius 2 is 1.68 bits per heavy atom. The molecule has 1 N–H and O–H groups in total. The van der Waals surface area contributed by atoms with E-state index in [1.807, 2.05) is 31.3 Å². The van der Waals surface area contributed by atoms with E-state index in [1.165, 1.54) is 25.3 Å². The van der Waals surface area contributed by atoms with Crippen LogP contribution in [0.1, 0.15) is 25.3 Å². The summed E-state index contributed by atoms with van der Waals surface area (Å²) in [5.41, 5.74) is 2.37. The fourth-order valence-electron chi connectivity index (χ4n) is 3.75. The number of ether oxygens (including phenoxy) is 1. The van der Waals surface area contributed by atoms with Crippen molar-refractivity contribution in [1.82, 2.24) is 20.5 Å². The van der Waals surface area contributed by atoms with Gasteiger partial charge in [0.05, 0.1) is 10.6 Å². The number of hydrogen-bond donors (Lipinski definition) is 1. The SMILES string of the molecule is CCS(=O)(=O)c1cc(-c2ccc(C3(NC)CC3)cc2)cnc1-c1ccc(OCC(F)(F)C(F)(F)F)nn1. The van der Waals surface area contributed by atoms with Gasteiger partial charge in [-0.1, -0.05) is 31.2 Å². The Labute approximate surface area is 210 Å². The lowest BCUT2D eigenvalue weighted by Crippen LogP contribution is -2.41. The van der Waals surface area contributed by atoms with Crippen molar-refractivity contribution in [3.63, 3.8) is 0 Å². The van der Waals surface area contributed by atoms with E-state index in [0.717, 1.165) is 30.0 Å². The first-order valence-electron chi connectivity index (χ1n) is 11.3. The van der Waals surface area contributed by atoms with Gasteiger partial charge < -0.3 is 10.1 Å². The molecule has 1 fully saturated rings. The second-order valence-electron chi connectivity index (χ2n) is 8.63. The number of pyridine rings is 1. The predicted octanol–water partition coefficient (Wildman–Crippen LogP) is 4.78. The number of hydrogen-bond acceptors (Lipinski definition) is 7. The zero-order valence-electron chi connectivity index (χ0n) is 19.8. The molecule has 0 aliphatic heterocycles. The maximum absolute atomic E-state index is 13.1. The van der Waals surface area contributed by atoms with E-state index in [4.69, 9.17) is 0 Å². The Hall–Kier alpha value is -3.19. The van der Waals surface area contributed by atoms with E-state index in [2.05, 4.69) is 25.2 Å². The van der Waals surface area contributed by atoms with Crippen LogP contribution < -0.4 is 10.1 Å². The standard InChI is InChI=1S/C24H23F5N4O3S/c1-3-37(34,35)19-12-16(15-4-6-17(7-5-15)22(30-2)10-11-22)13-31-21(19)18-8-9-20(33-32-18)36-14-23(25,26)24(27,28)29/h4-9,12-13,30H,3,10-11,14H2,1-2H3. The summed E-state index contributed by atoms with van der Waals surface area (Å²) in [7, 11) is -1.88. The van der Waals surface area contributed by atoms with Gasteiger partial charge in [0.25, 0.3) is 0 Å². The topological polar surface area (TPSA) is 94.1 Å². The van der Waals surface area contributed by atoms with Crippen LogP contribution in [-0.2, 0) is 15.4 Å². The second-order valence-corrected chi connectivity index (χ2v) is 10.9. The third-order valence-corrected chi connectivity index (χ3v) is 8.01. The van der Waals surface area contributed by atoms with Gasteiger partial charge in [-0.05, 0) is 43.1 Å². The molecule has 0 atom stereocenters. The Morgan fingerprint density at radius 1 is 1.00 bits per heavy atom. The Kier molecular flexibility index (Phi) is 6.97. The molecule has 1 aliphatic rings. The zero-order chi connectivity index (χ0) is 27.1. The molecule has 1 saturated carbocycles. The first-order valence-corrected chi connectivity index (χ1v) is 12.9. The number of halogens is 5. The molecular formula is C24H23F5N4O3S. The van der Waals surface area contributed by atoms with E-state index in [0.29, 0.717) is 5.56 Å². The monoisotopic (exact) mass is 542 g/mol. The summed E-state index contributed by atoms with van der Waals surface area (Å²) in [5, 5.41) is 10.6. The van der Waals surface area contributed by atoms with Crippen LogP contribution in [0.2, 0.25) is 0 Å². The molecule has 13 heteroatoms. The Morgan fingerprint density at radius 3 is 2.19 bits per heavy atom. The Balaban J connectivity index is 1.62. The summed E-state index contributed by atoms with van der Waals surface area (Å²) in [6, 6.07) is 11.4. The van der Waals surface area contributed by atoms with Crippen molar-refractivity contribution in [3.05, 3.63) is 54.2 Å². The van der Waals surface area contributed by atoms with Gasteiger partial charge in [-0.25, -0.2) is 8.42 Å². The van der Waals surface area contributed by atoms with Crippen LogP contribution in [0, 0.1) is 0 Å². The molecule has 0 saturated heterocycles. The van der Waals surface area contributed by atoms with Crippen LogP contribution >= 0.6 is 0 Å². The molecule has 0 amide bonds. The highest BCUT2D eigenvalue weighted by Gasteiger charge is 2.58. The number of rotatable bonds is 9. The normalized spacial score (nSPS) is 15.4. The minimum Gasteiger partial charge on any atom is -0.470 e. The lowest BCUT2D eigenvalue weighted by atomic mass is 10.00. The third-order valence-electron chi connectivity index (χ3n) is 6.27. The maximum atomic E-state index is 13.1. The van der Waals surface area contributed by atoms with Crippen molar-refractivity contribution in [2.75, 3.05) is 19.4 Å². The summed E-state index contributed by atoms with van der Waals surface area (Å²) >= 11 is 0. The molecule has 1 aromatic carbocycles. The molecule has 2 aromatic heterocycles. The van der Waals surface area contributed by atoms with Gasteiger partial charge in [-0.2, -0.15) is 22.0 Å². The molecule has 4 rings (SSSR count). The predicted molar refractivity (Wildman–Crippen MR) is 125 cm³/mol. The molecule has 2 heterocycles. The summed E-state index contributed by atoms with van der Waals surface area (Å²) in [4.78, 5) is 4.17. The maximum Gasteiger partial charge on any atom is 0.456 e. The van der Waals surface area contributed by atoms with Crippen LogP contribution in [0.15, 0.2) is 53.6 Å². The summed E-state index contributed by atoms with van der Waals surface area (Å²) in [6.07, 6.45) is -2.23. The lowest BCUT2D eigenvalue weighted by Gasteiger charge is -2.19. The number of aromatic nitrogens is 3. The largest absolute Gasteiger partial charge is 0.470 e. The van der Waals surface area contributed by atoms with Crippen LogP contribution in [-0.4, -0.2) is 55.1 Å². The lowest BCUT2D eigenvalue weighted by molar-refractivity contribution is -0.290. The minimum absolute atomic E-state index is 0.0193. The highest BCUT2D eigenvalue weighted by Crippen LogP contribution is 2.45. The first-order chi connectivity index (χ1) is 17.3. The summed E-state index contributed by atoms with van der Waals surface area (Å²) < 4.78 is 93.3. The van der Waals surface area contributed by atoms with Gasteiger partial charge in [0.15, 0.2) is 16.4 Å². The zero-order valence-corrected chi connectivity index (χ0v) is 20.6. The van der Waals surface area contributed by atoms with Crippen LogP contribution in [0.4, 0.5) is 22.0 Å². The summed E-state index contributed by atoms with van der Waals surface area (Å²) in [5.74, 6) is -5.88. The number of sulfone groups is 1. The van der Waals surface area contributed by atoms with E-state index in [-0.39, 0.29) is 27.6 Å². The van der Waals surface area contributed by atoms with Gasteiger partial charge in [0.2, 0.25) is 5.88 Å². The Bertz CT molecular complexity index is 1370. The highest BCUT2D eigenvalue weighted by molar-refractivity contribution is 7.91. The average Bonchev–Trinajstić information content (AvgIpc) is 3.68. The number of nitrogens with one attached hydrogen (secondary N) is 1. The van der Waals surface area contributed by atoms with Gasteiger partial charge in [-0.3, -0.25) is 4.98 Å². The fraction of sp³-hybridized carbons (Fsp3) is 0.375. The summed E-state index contributed by atoms with van der Waals surface area (Å²) in [6.45, 7) is -0.502. The molecule has 7 nitrogen and oxygen atoms in total. The molecule has 0 spiro atoms. The molecule has 1 aliphatic carbocycles. The fourth-order valence-corrected chi connectivity index (χ4v) is 4.82. The molecular weight excluding hydrogens is 519 g/mol. The van der Waals surface area contributed by atoms with E-state index in [9.17, 15) is 30.4 Å². The van der Waals surface area contributed by atoms with E-state index < -0.39 is 34.4 Å². The van der Waals surface area contributed by atoms with Gasteiger partial charge in [0, 0.05) is 23.4 Å². The van der Waals surface area contributed by atoms with E-state index >= 15 is 0 Å². The molecule has 198 valence electrons. The first kappa shape index (κ1) is 26.9. The van der Waals surface area contributed by atoms with Gasteiger partial charge >= 0.3 is 12.1 Å². The molecule has 0 bridgehead atoms. The van der Waals surface area contributed by atoms with Crippen molar-refractivity contribution in [2.24, 2.45) is 0 Å². The average molecular weight is 543 g/mol. The number of alkyl halides is 5. The molecule has 0 radical (unpaired) electrons. The van der Waals surface area contributed by atoms with Crippen molar-refractivity contribution in [3.8, 4) is 28.4 Å². The second kappa shape index (κ2) is 9.60. The van der Waals surface area contributed by atoms with Crippen LogP contribution in [0.3, 0.4) is 0 Å². The quantitative estimate of drug-likeness (QED) is 0.389. The molecule has 37 heavy (non-hydrogen) atoms. The third kappa shape index (κ3) is 5.42. The van der Waals surface area contributed by atoms with Crippen molar-refractivity contribution >= 4 is 9.84 Å². The number of nitrogens with zero attached hydrogens (tertiary/aromatic N) is 3. The molecule has 0 unspecified atom stereocenters. The van der Waals surface area contributed by atoms with Gasteiger partial charge in [-0.15, -0.1) is 10.2 Å². The highest BCUT2D eigenvalue weighted by atomic mass is 32.2. The smallest absolute Gasteiger partial charge is 0.456 e.